The predicted molar refractivity (Wildman–Crippen MR) is 109 cm³/mol. The van der Waals surface area contributed by atoms with Crippen molar-refractivity contribution in [2.75, 3.05) is 31.1 Å². The quantitative estimate of drug-likeness (QED) is 0.713. The molecule has 0 saturated carbocycles. The first kappa shape index (κ1) is 19.8. The molecule has 0 N–H and O–H groups in total. The number of halogens is 2. The zero-order valence-corrected chi connectivity index (χ0v) is 16.4. The van der Waals surface area contributed by atoms with Crippen molar-refractivity contribution >= 4 is 5.69 Å². The fourth-order valence-corrected chi connectivity index (χ4v) is 4.01. The molecule has 1 unspecified atom stereocenters. The molecule has 0 aromatic heterocycles. The Kier molecular flexibility index (Phi) is 6.84. The number of fused-ring (bicyclic) bond motifs is 1. The van der Waals surface area contributed by atoms with Crippen molar-refractivity contribution in [1.82, 2.24) is 4.90 Å². The molecule has 0 amide bonds. The molecule has 1 saturated heterocycles. The highest BCUT2D eigenvalue weighted by Gasteiger charge is 2.29. The minimum atomic E-state index is -0.871. The first-order chi connectivity index (χ1) is 13.1. The van der Waals surface area contributed by atoms with Crippen LogP contribution in [-0.4, -0.2) is 37.1 Å². The number of nitrogens with zero attached hydrogens (tertiary/aromatic N) is 2. The average molecular weight is 373 g/mol. The maximum atomic E-state index is 13.5. The molecule has 0 bridgehead atoms. The molecule has 2 aromatic rings. The van der Waals surface area contributed by atoms with E-state index >= 15 is 0 Å². The van der Waals surface area contributed by atoms with Gasteiger partial charge in [0.1, 0.15) is 12.0 Å². The lowest BCUT2D eigenvalue weighted by Gasteiger charge is -2.37. The third-order valence-electron chi connectivity index (χ3n) is 5.68. The number of anilines is 1. The Bertz CT molecular complexity index is 710. The van der Waals surface area contributed by atoms with Gasteiger partial charge in [-0.3, -0.25) is 0 Å². The third-order valence-corrected chi connectivity index (χ3v) is 5.68. The van der Waals surface area contributed by atoms with Crippen molar-refractivity contribution < 1.29 is 8.78 Å². The summed E-state index contributed by atoms with van der Waals surface area (Å²) < 4.78 is 25.4. The Morgan fingerprint density at radius 1 is 1.04 bits per heavy atom. The highest BCUT2D eigenvalue weighted by atomic mass is 19.1. The summed E-state index contributed by atoms with van der Waals surface area (Å²) in [5.74, 6) is -0.178. The van der Waals surface area contributed by atoms with Gasteiger partial charge in [0.25, 0.3) is 0 Å². The normalized spacial score (nSPS) is 18.6. The molecule has 1 atom stereocenters. The number of benzene rings is 2. The Balaban J connectivity index is 0.000000253. The molecule has 2 aromatic carbocycles. The fourth-order valence-electron chi connectivity index (χ4n) is 4.01. The van der Waals surface area contributed by atoms with Crippen molar-refractivity contribution in [3.05, 3.63) is 65.5 Å². The lowest BCUT2D eigenvalue weighted by Crippen LogP contribution is -2.44. The summed E-state index contributed by atoms with van der Waals surface area (Å²) in [4.78, 5) is 5.06. The van der Waals surface area contributed by atoms with E-state index in [1.807, 2.05) is 6.07 Å². The minimum Gasteiger partial charge on any atom is -0.368 e. The largest absolute Gasteiger partial charge is 0.368 e. The molecule has 2 aliphatic rings. The van der Waals surface area contributed by atoms with Gasteiger partial charge in [-0.05, 0) is 62.1 Å². The lowest BCUT2D eigenvalue weighted by atomic mass is 10.0. The van der Waals surface area contributed by atoms with Gasteiger partial charge >= 0.3 is 0 Å². The van der Waals surface area contributed by atoms with Crippen LogP contribution in [0.3, 0.4) is 0 Å². The molecule has 2 aliphatic heterocycles. The van der Waals surface area contributed by atoms with Crippen molar-refractivity contribution in [3.8, 4) is 0 Å². The molecule has 1 fully saturated rings. The second kappa shape index (κ2) is 9.32. The van der Waals surface area contributed by atoms with Crippen LogP contribution < -0.4 is 4.90 Å². The van der Waals surface area contributed by atoms with Crippen LogP contribution in [0.25, 0.3) is 0 Å². The number of hydrogen-bond donors (Lipinski definition) is 0. The predicted octanol–water partition coefficient (Wildman–Crippen LogP) is 5.39. The standard InChI is InChI=1S/C17H25FN2.C6H5F/c1-3-19-9-7-16(8-10-19)20-11-6-14-4-5-15(13(2)18)12-17(14)20;7-6-4-2-1-3-5-6/h4-5,12-13,16H,3,6-11H2,1-2H3;1-5H. The molecule has 0 aliphatic carbocycles. The van der Waals surface area contributed by atoms with E-state index in [0.717, 1.165) is 25.1 Å². The minimum absolute atomic E-state index is 0.178. The summed E-state index contributed by atoms with van der Waals surface area (Å²) in [6, 6.07) is 14.7. The summed E-state index contributed by atoms with van der Waals surface area (Å²) in [6.45, 7) is 8.53. The fraction of sp³-hybridized carbons (Fsp3) is 0.478. The van der Waals surface area contributed by atoms with E-state index in [9.17, 15) is 8.78 Å². The van der Waals surface area contributed by atoms with Crippen molar-refractivity contribution in [3.63, 3.8) is 0 Å². The van der Waals surface area contributed by atoms with Crippen LogP contribution in [0.1, 0.15) is 44.0 Å². The van der Waals surface area contributed by atoms with Crippen LogP contribution in [0.4, 0.5) is 14.5 Å². The molecule has 0 radical (unpaired) electrons. The number of hydrogen-bond acceptors (Lipinski definition) is 2. The number of likely N-dealkylation sites (tertiary alicyclic amines) is 1. The summed E-state index contributed by atoms with van der Waals surface area (Å²) >= 11 is 0. The molecule has 146 valence electrons. The van der Waals surface area contributed by atoms with Crippen LogP contribution in [-0.2, 0) is 6.42 Å². The van der Waals surface area contributed by atoms with Crippen molar-refractivity contribution in [2.24, 2.45) is 0 Å². The van der Waals surface area contributed by atoms with Crippen molar-refractivity contribution in [1.29, 1.82) is 0 Å². The van der Waals surface area contributed by atoms with Gasteiger partial charge in [-0.15, -0.1) is 0 Å². The van der Waals surface area contributed by atoms with E-state index in [-0.39, 0.29) is 5.82 Å². The SMILES string of the molecule is CCN1CCC(N2CCc3ccc(C(C)F)cc32)CC1.Fc1ccccc1. The van der Waals surface area contributed by atoms with Crippen LogP contribution >= 0.6 is 0 Å². The summed E-state index contributed by atoms with van der Waals surface area (Å²) in [5.41, 5.74) is 3.51. The van der Waals surface area contributed by atoms with Gasteiger partial charge in [0.15, 0.2) is 0 Å². The third kappa shape index (κ3) is 5.07. The van der Waals surface area contributed by atoms with E-state index in [0.29, 0.717) is 6.04 Å². The Hall–Kier alpha value is -1.94. The van der Waals surface area contributed by atoms with Gasteiger partial charge in [-0.25, -0.2) is 8.78 Å². The average Bonchev–Trinajstić information content (AvgIpc) is 3.12. The highest BCUT2D eigenvalue weighted by molar-refractivity contribution is 5.60. The molecular formula is C23H30F2N2. The monoisotopic (exact) mass is 372 g/mol. The van der Waals surface area contributed by atoms with Gasteiger partial charge in [0.05, 0.1) is 0 Å². The van der Waals surface area contributed by atoms with Crippen molar-refractivity contribution in [2.45, 2.75) is 45.3 Å². The van der Waals surface area contributed by atoms with Gasteiger partial charge in [0, 0.05) is 31.4 Å². The Morgan fingerprint density at radius 2 is 1.74 bits per heavy atom. The van der Waals surface area contributed by atoms with Crippen LogP contribution in [0.2, 0.25) is 0 Å². The van der Waals surface area contributed by atoms with E-state index in [4.69, 9.17) is 0 Å². The summed E-state index contributed by atoms with van der Waals surface area (Å²) in [5, 5.41) is 0. The first-order valence-corrected chi connectivity index (χ1v) is 10.0. The van der Waals surface area contributed by atoms with E-state index in [2.05, 4.69) is 28.9 Å². The van der Waals surface area contributed by atoms with E-state index in [1.54, 1.807) is 25.1 Å². The smallest absolute Gasteiger partial charge is 0.123 e. The zero-order chi connectivity index (χ0) is 19.2. The molecule has 4 rings (SSSR count). The number of piperidine rings is 1. The van der Waals surface area contributed by atoms with Crippen LogP contribution in [0, 0.1) is 5.82 Å². The summed E-state index contributed by atoms with van der Waals surface area (Å²) in [7, 11) is 0. The zero-order valence-electron chi connectivity index (χ0n) is 16.4. The molecule has 4 heteroatoms. The van der Waals surface area contributed by atoms with E-state index in [1.165, 1.54) is 49.3 Å². The van der Waals surface area contributed by atoms with Crippen LogP contribution in [0.15, 0.2) is 48.5 Å². The van der Waals surface area contributed by atoms with Gasteiger partial charge in [0.2, 0.25) is 0 Å². The topological polar surface area (TPSA) is 6.48 Å². The van der Waals surface area contributed by atoms with Gasteiger partial charge < -0.3 is 9.80 Å². The van der Waals surface area contributed by atoms with E-state index < -0.39 is 6.17 Å². The molecule has 27 heavy (non-hydrogen) atoms. The maximum absolute atomic E-state index is 13.5. The highest BCUT2D eigenvalue weighted by Crippen LogP contribution is 2.35. The lowest BCUT2D eigenvalue weighted by molar-refractivity contribution is 0.219. The second-order valence-electron chi connectivity index (χ2n) is 7.41. The maximum Gasteiger partial charge on any atom is 0.123 e. The first-order valence-electron chi connectivity index (χ1n) is 10.0. The molecule has 2 nitrogen and oxygen atoms in total. The van der Waals surface area contributed by atoms with Gasteiger partial charge in [-0.1, -0.05) is 37.3 Å². The number of rotatable bonds is 3. The molecular weight excluding hydrogens is 342 g/mol. The second-order valence-corrected chi connectivity index (χ2v) is 7.41. The summed E-state index contributed by atoms with van der Waals surface area (Å²) in [6.07, 6.45) is 2.72. The van der Waals surface area contributed by atoms with Gasteiger partial charge in [-0.2, -0.15) is 0 Å². The number of alkyl halides is 1. The Morgan fingerprint density at radius 3 is 2.30 bits per heavy atom. The van der Waals surface area contributed by atoms with Crippen LogP contribution in [0.5, 0.6) is 0 Å². The molecule has 2 heterocycles. The Labute approximate surface area is 161 Å². The molecule has 0 spiro atoms.